The fourth-order valence-electron chi connectivity index (χ4n) is 2.73. The van der Waals surface area contributed by atoms with Crippen LogP contribution >= 0.6 is 22.9 Å². The number of hydrogen-bond donors (Lipinski definition) is 0. The molecule has 4 heteroatoms. The van der Waals surface area contributed by atoms with Gasteiger partial charge in [0.1, 0.15) is 5.82 Å². The van der Waals surface area contributed by atoms with E-state index < -0.39 is 0 Å². The van der Waals surface area contributed by atoms with E-state index in [2.05, 4.69) is 49.6 Å². The summed E-state index contributed by atoms with van der Waals surface area (Å²) in [7, 11) is 0. The molecule has 2 nitrogen and oxygen atoms in total. The van der Waals surface area contributed by atoms with Crippen LogP contribution in [0.15, 0.2) is 24.3 Å². The topological polar surface area (TPSA) is 17.8 Å². The quantitative estimate of drug-likeness (QED) is 0.593. The zero-order valence-corrected chi connectivity index (χ0v) is 14.3. The fraction of sp³-hybridized carbons (Fsp3) is 0.353. The van der Waals surface area contributed by atoms with Crippen molar-refractivity contribution >= 4 is 34.0 Å². The van der Waals surface area contributed by atoms with Gasteiger partial charge in [0, 0.05) is 9.75 Å². The van der Waals surface area contributed by atoms with Crippen LogP contribution in [0.3, 0.4) is 0 Å². The lowest BCUT2D eigenvalue weighted by Gasteiger charge is -2.10. The normalized spacial score (nSPS) is 13.0. The number of imidazole rings is 1. The Balaban J connectivity index is 2.17. The summed E-state index contributed by atoms with van der Waals surface area (Å²) >= 11 is 8.21. The average molecular weight is 319 g/mol. The summed E-state index contributed by atoms with van der Waals surface area (Å²) in [5.41, 5.74) is 4.83. The predicted molar refractivity (Wildman–Crippen MR) is 91.6 cm³/mol. The van der Waals surface area contributed by atoms with Gasteiger partial charge in [0.05, 0.1) is 23.0 Å². The van der Waals surface area contributed by atoms with E-state index in [0.717, 1.165) is 17.9 Å². The van der Waals surface area contributed by atoms with Crippen molar-refractivity contribution in [2.75, 3.05) is 0 Å². The number of aromatic nitrogens is 2. The van der Waals surface area contributed by atoms with Gasteiger partial charge in [-0.2, -0.15) is 0 Å². The zero-order valence-electron chi connectivity index (χ0n) is 12.8. The minimum absolute atomic E-state index is 0.0982. The molecule has 0 saturated heterocycles. The maximum Gasteiger partial charge on any atom is 0.128 e. The molecule has 0 spiro atoms. The molecule has 1 unspecified atom stereocenters. The summed E-state index contributed by atoms with van der Waals surface area (Å²) in [6.45, 7) is 9.30. The monoisotopic (exact) mass is 318 g/mol. The van der Waals surface area contributed by atoms with Gasteiger partial charge in [-0.3, -0.25) is 0 Å². The Morgan fingerprint density at radius 2 is 2.00 bits per heavy atom. The van der Waals surface area contributed by atoms with Crippen molar-refractivity contribution in [3.8, 4) is 0 Å². The number of aryl methyl sites for hydroxylation is 3. The molecule has 3 aromatic rings. The minimum Gasteiger partial charge on any atom is -0.321 e. The lowest BCUT2D eigenvalue weighted by Crippen LogP contribution is -2.05. The molecule has 0 aliphatic heterocycles. The van der Waals surface area contributed by atoms with Crippen LogP contribution < -0.4 is 0 Å². The van der Waals surface area contributed by atoms with E-state index in [-0.39, 0.29) is 5.38 Å². The van der Waals surface area contributed by atoms with Gasteiger partial charge in [0.25, 0.3) is 0 Å². The van der Waals surface area contributed by atoms with E-state index in [0.29, 0.717) is 0 Å². The lowest BCUT2D eigenvalue weighted by atomic mass is 10.2. The zero-order chi connectivity index (χ0) is 15.1. The number of fused-ring (bicyclic) bond motifs is 1. The molecule has 0 aliphatic rings. The lowest BCUT2D eigenvalue weighted by molar-refractivity contribution is 0.749. The van der Waals surface area contributed by atoms with Crippen LogP contribution in [-0.4, -0.2) is 9.55 Å². The molecule has 0 N–H and O–H groups in total. The van der Waals surface area contributed by atoms with E-state index in [9.17, 15) is 0 Å². The second-order valence-electron chi connectivity index (χ2n) is 5.57. The Labute approximate surface area is 134 Å². The number of rotatable bonds is 3. The highest BCUT2D eigenvalue weighted by atomic mass is 35.5. The fourth-order valence-corrected chi connectivity index (χ4v) is 3.94. The van der Waals surface area contributed by atoms with Gasteiger partial charge in [0.2, 0.25) is 0 Å². The first-order valence-corrected chi connectivity index (χ1v) is 8.38. The van der Waals surface area contributed by atoms with Gasteiger partial charge in [-0.25, -0.2) is 4.98 Å². The summed E-state index contributed by atoms with van der Waals surface area (Å²) in [5.74, 6) is 0.949. The molecule has 1 aromatic carbocycles. The van der Waals surface area contributed by atoms with Crippen LogP contribution in [0, 0.1) is 20.8 Å². The Morgan fingerprint density at radius 3 is 2.62 bits per heavy atom. The number of alkyl halides is 1. The van der Waals surface area contributed by atoms with Crippen molar-refractivity contribution in [1.29, 1.82) is 0 Å². The highest BCUT2D eigenvalue weighted by Crippen LogP contribution is 2.29. The van der Waals surface area contributed by atoms with Gasteiger partial charge in [0.15, 0.2) is 0 Å². The van der Waals surface area contributed by atoms with Gasteiger partial charge in [-0.1, -0.05) is 12.1 Å². The first-order chi connectivity index (χ1) is 9.97. The largest absolute Gasteiger partial charge is 0.321 e. The second-order valence-corrected chi connectivity index (χ2v) is 7.56. The summed E-state index contributed by atoms with van der Waals surface area (Å²) in [6.07, 6.45) is 0. The number of para-hydroxylation sites is 1. The van der Waals surface area contributed by atoms with Crippen LogP contribution in [0.25, 0.3) is 11.0 Å². The highest BCUT2D eigenvalue weighted by Gasteiger charge is 2.17. The molecule has 3 rings (SSSR count). The average Bonchev–Trinajstić information content (AvgIpc) is 2.93. The molecule has 2 heterocycles. The van der Waals surface area contributed by atoms with Crippen molar-refractivity contribution in [2.45, 2.75) is 39.6 Å². The molecular formula is C17H19ClN2S. The van der Waals surface area contributed by atoms with E-state index in [1.165, 1.54) is 26.4 Å². The van der Waals surface area contributed by atoms with Gasteiger partial charge in [-0.05, 0) is 51.0 Å². The molecule has 2 aromatic heterocycles. The Kier molecular flexibility index (Phi) is 3.80. The van der Waals surface area contributed by atoms with E-state index in [4.69, 9.17) is 16.6 Å². The Hall–Kier alpha value is -1.32. The van der Waals surface area contributed by atoms with Gasteiger partial charge < -0.3 is 4.57 Å². The number of hydrogen-bond acceptors (Lipinski definition) is 2. The molecule has 0 saturated carbocycles. The molecule has 0 fully saturated rings. The van der Waals surface area contributed by atoms with Crippen LogP contribution in [0.4, 0.5) is 0 Å². The minimum atomic E-state index is -0.0982. The van der Waals surface area contributed by atoms with Gasteiger partial charge >= 0.3 is 0 Å². The smallest absolute Gasteiger partial charge is 0.128 e. The molecule has 110 valence electrons. The maximum absolute atomic E-state index is 6.35. The highest BCUT2D eigenvalue weighted by molar-refractivity contribution is 7.12. The van der Waals surface area contributed by atoms with Crippen LogP contribution in [-0.2, 0) is 6.54 Å². The number of thiophene rings is 1. The van der Waals surface area contributed by atoms with E-state index in [1.54, 1.807) is 0 Å². The Bertz CT molecular complexity index is 779. The molecule has 0 aliphatic carbocycles. The van der Waals surface area contributed by atoms with Crippen molar-refractivity contribution in [1.82, 2.24) is 9.55 Å². The van der Waals surface area contributed by atoms with Crippen molar-refractivity contribution < 1.29 is 0 Å². The number of nitrogens with zero attached hydrogens (tertiary/aromatic N) is 2. The first-order valence-electron chi connectivity index (χ1n) is 7.13. The third kappa shape index (κ3) is 2.60. The van der Waals surface area contributed by atoms with Gasteiger partial charge in [-0.15, -0.1) is 22.9 Å². The standard InChI is InChI=1S/C17H19ClN2S/c1-10-6-5-7-15-16(10)20(17(19-15)12(3)18)9-14-8-11(2)13(4)21-14/h5-8,12H,9H2,1-4H3. The number of halogens is 1. The van der Waals surface area contributed by atoms with Crippen LogP contribution in [0.1, 0.15) is 39.0 Å². The molecular weight excluding hydrogens is 300 g/mol. The maximum atomic E-state index is 6.35. The van der Waals surface area contributed by atoms with Crippen molar-refractivity contribution in [3.63, 3.8) is 0 Å². The summed E-state index contributed by atoms with van der Waals surface area (Å²) in [5, 5.41) is -0.0982. The SMILES string of the molecule is Cc1cc(Cn2c(C(C)Cl)nc3cccc(C)c32)sc1C. The van der Waals surface area contributed by atoms with Crippen molar-refractivity contribution in [2.24, 2.45) is 0 Å². The summed E-state index contributed by atoms with van der Waals surface area (Å²) < 4.78 is 2.27. The van der Waals surface area contributed by atoms with E-state index >= 15 is 0 Å². The Morgan fingerprint density at radius 1 is 1.24 bits per heavy atom. The molecule has 0 amide bonds. The van der Waals surface area contributed by atoms with Crippen molar-refractivity contribution in [3.05, 3.63) is 51.0 Å². The van der Waals surface area contributed by atoms with E-state index in [1.807, 2.05) is 18.3 Å². The molecule has 1 atom stereocenters. The second kappa shape index (κ2) is 5.47. The molecule has 0 radical (unpaired) electrons. The van der Waals surface area contributed by atoms with Crippen LogP contribution in [0.2, 0.25) is 0 Å². The number of benzene rings is 1. The first kappa shape index (κ1) is 14.6. The third-order valence-electron chi connectivity index (χ3n) is 3.88. The molecule has 21 heavy (non-hydrogen) atoms. The third-order valence-corrected chi connectivity index (χ3v) is 5.22. The summed E-state index contributed by atoms with van der Waals surface area (Å²) in [4.78, 5) is 7.47. The molecule has 0 bridgehead atoms. The predicted octanol–water partition coefficient (Wildman–Crippen LogP) is 5.37. The van der Waals surface area contributed by atoms with Crippen LogP contribution in [0.5, 0.6) is 0 Å². The summed E-state index contributed by atoms with van der Waals surface area (Å²) in [6, 6.07) is 8.52.